The number of carbonyl (C=O) groups excluding carboxylic acids is 1. The maximum Gasteiger partial charge on any atom is 0.307 e. The Hall–Kier alpha value is -4.34. The lowest BCUT2D eigenvalue weighted by Gasteiger charge is -2.22. The number of fused-ring (bicyclic) bond motifs is 2. The van der Waals surface area contributed by atoms with Crippen LogP contribution in [0.5, 0.6) is 0 Å². The molecular weight excluding hydrogens is 492 g/mol. The summed E-state index contributed by atoms with van der Waals surface area (Å²) in [6.45, 7) is 7.42. The highest BCUT2D eigenvalue weighted by molar-refractivity contribution is 6.35. The number of aromatic nitrogens is 5. The molecular formula is C29H34N8O2. The summed E-state index contributed by atoms with van der Waals surface area (Å²) in [6, 6.07) is 10.0. The van der Waals surface area contributed by atoms with Crippen LogP contribution in [0, 0.1) is 23.2 Å². The van der Waals surface area contributed by atoms with Crippen LogP contribution >= 0.6 is 0 Å². The number of pyridine rings is 1. The van der Waals surface area contributed by atoms with E-state index in [2.05, 4.69) is 38.6 Å². The van der Waals surface area contributed by atoms with E-state index < -0.39 is 17.2 Å². The highest BCUT2D eigenvalue weighted by Gasteiger charge is 2.27. The summed E-state index contributed by atoms with van der Waals surface area (Å²) in [5.41, 5.74) is 6.91. The minimum absolute atomic E-state index is 0.114. The number of hydrogen-bond acceptors (Lipinski definition) is 7. The van der Waals surface area contributed by atoms with Crippen molar-refractivity contribution in [1.82, 2.24) is 30.0 Å². The molecule has 0 aliphatic heterocycles. The molecule has 3 heterocycles. The molecule has 0 radical (unpaired) electrons. The van der Waals surface area contributed by atoms with Crippen molar-refractivity contribution in [3.05, 3.63) is 53.3 Å². The van der Waals surface area contributed by atoms with E-state index in [0.717, 1.165) is 64.8 Å². The Balaban J connectivity index is 1.42. The van der Waals surface area contributed by atoms with Gasteiger partial charge in [-0.05, 0) is 55.0 Å². The SMILES string of the molecule is Cc1cc(-c2nc3c(-c4ccc5c(c4)CCCCC5NC(=O)C(=N)OC(=N)C(C)(C)C)ccnc3[nH]2)nn1C. The van der Waals surface area contributed by atoms with Crippen LogP contribution in [0.2, 0.25) is 0 Å². The molecule has 1 aliphatic rings. The van der Waals surface area contributed by atoms with E-state index in [0.29, 0.717) is 11.5 Å². The van der Waals surface area contributed by atoms with E-state index in [9.17, 15) is 4.79 Å². The first-order chi connectivity index (χ1) is 18.5. The molecule has 4 aromatic rings. The summed E-state index contributed by atoms with van der Waals surface area (Å²) in [7, 11) is 1.91. The van der Waals surface area contributed by atoms with Crippen molar-refractivity contribution >= 4 is 28.9 Å². The number of rotatable bonds is 3. The molecule has 10 nitrogen and oxygen atoms in total. The van der Waals surface area contributed by atoms with Crippen LogP contribution in [0.15, 0.2) is 36.5 Å². The minimum Gasteiger partial charge on any atom is -0.420 e. The third kappa shape index (κ3) is 5.32. The summed E-state index contributed by atoms with van der Waals surface area (Å²) in [4.78, 5) is 25.4. The molecule has 202 valence electrons. The number of hydrogen-bond donors (Lipinski definition) is 4. The summed E-state index contributed by atoms with van der Waals surface area (Å²) >= 11 is 0. The highest BCUT2D eigenvalue weighted by Crippen LogP contribution is 2.34. The maximum absolute atomic E-state index is 12.8. The van der Waals surface area contributed by atoms with Gasteiger partial charge in [-0.2, -0.15) is 5.10 Å². The smallest absolute Gasteiger partial charge is 0.307 e. The zero-order valence-electron chi connectivity index (χ0n) is 23.0. The van der Waals surface area contributed by atoms with Gasteiger partial charge in [0.15, 0.2) is 17.4 Å². The number of ether oxygens (including phenoxy) is 1. The Kier molecular flexibility index (Phi) is 6.80. The topological polar surface area (TPSA) is 145 Å². The number of H-pyrrole nitrogens is 1. The molecule has 1 atom stereocenters. The zero-order chi connectivity index (χ0) is 27.9. The first-order valence-corrected chi connectivity index (χ1v) is 13.2. The summed E-state index contributed by atoms with van der Waals surface area (Å²) < 4.78 is 7.05. The monoisotopic (exact) mass is 526 g/mol. The van der Waals surface area contributed by atoms with E-state index in [1.807, 2.05) is 30.8 Å². The summed E-state index contributed by atoms with van der Waals surface area (Å²) in [6.07, 6.45) is 5.40. The van der Waals surface area contributed by atoms with Gasteiger partial charge in [-0.3, -0.25) is 20.3 Å². The van der Waals surface area contributed by atoms with E-state index in [4.69, 9.17) is 20.5 Å². The number of carbonyl (C=O) groups is 1. The standard InChI is InChI=1S/C29H34N8O2/c1-16-14-22(36-37(16)5)25-34-23-20(12-13-32-26(23)35-25)18-10-11-19-17(15-18)8-6-7-9-21(19)33-27(38)24(30)39-28(31)29(2,3)4/h10-15,21,30-31H,6-9H2,1-5H3,(H,33,38)(H,32,34,35). The lowest BCUT2D eigenvalue weighted by molar-refractivity contribution is -0.116. The van der Waals surface area contributed by atoms with Gasteiger partial charge in [-0.25, -0.2) is 9.97 Å². The van der Waals surface area contributed by atoms with E-state index >= 15 is 0 Å². The van der Waals surface area contributed by atoms with Crippen molar-refractivity contribution in [2.45, 2.75) is 59.4 Å². The second kappa shape index (κ2) is 10.1. The van der Waals surface area contributed by atoms with E-state index in [1.165, 1.54) is 0 Å². The molecule has 0 saturated heterocycles. The van der Waals surface area contributed by atoms with Crippen molar-refractivity contribution in [3.8, 4) is 22.6 Å². The Morgan fingerprint density at radius 3 is 2.69 bits per heavy atom. The summed E-state index contributed by atoms with van der Waals surface area (Å²) in [5.74, 6) is -0.614. The number of imidazole rings is 1. The number of aromatic amines is 1. The van der Waals surface area contributed by atoms with Gasteiger partial charge in [0.1, 0.15) is 11.2 Å². The van der Waals surface area contributed by atoms with Crippen molar-refractivity contribution in [2.24, 2.45) is 12.5 Å². The third-order valence-corrected chi connectivity index (χ3v) is 7.16. The molecule has 3 aromatic heterocycles. The Labute approximate surface area is 227 Å². The van der Waals surface area contributed by atoms with Gasteiger partial charge < -0.3 is 15.0 Å². The second-order valence-electron chi connectivity index (χ2n) is 11.1. The van der Waals surface area contributed by atoms with Gasteiger partial charge in [0, 0.05) is 29.9 Å². The van der Waals surface area contributed by atoms with Gasteiger partial charge in [-0.15, -0.1) is 0 Å². The van der Waals surface area contributed by atoms with Gasteiger partial charge in [0.25, 0.3) is 5.90 Å². The van der Waals surface area contributed by atoms with Gasteiger partial charge in [0.05, 0.1) is 6.04 Å². The molecule has 0 fully saturated rings. The van der Waals surface area contributed by atoms with Crippen LogP contribution in [-0.4, -0.2) is 42.4 Å². The largest absolute Gasteiger partial charge is 0.420 e. The average Bonchev–Trinajstić information content (AvgIpc) is 3.41. The number of amides is 1. The Morgan fingerprint density at radius 2 is 1.97 bits per heavy atom. The molecule has 4 N–H and O–H groups in total. The lowest BCUT2D eigenvalue weighted by atomic mass is 9.94. The van der Waals surface area contributed by atoms with Crippen molar-refractivity contribution in [3.63, 3.8) is 0 Å². The second-order valence-corrected chi connectivity index (χ2v) is 11.1. The van der Waals surface area contributed by atoms with Crippen LogP contribution < -0.4 is 5.32 Å². The molecule has 1 aromatic carbocycles. The molecule has 0 spiro atoms. The maximum atomic E-state index is 12.8. The number of nitrogens with one attached hydrogen (secondary N) is 4. The highest BCUT2D eigenvalue weighted by atomic mass is 16.5. The fraction of sp³-hybridized carbons (Fsp3) is 0.379. The van der Waals surface area contributed by atoms with E-state index in [-0.39, 0.29) is 11.9 Å². The summed E-state index contributed by atoms with van der Waals surface area (Å²) in [5, 5.41) is 23.6. The molecule has 1 unspecified atom stereocenters. The quantitative estimate of drug-likeness (QED) is 0.164. The van der Waals surface area contributed by atoms with Crippen LogP contribution in [0.4, 0.5) is 0 Å². The van der Waals surface area contributed by atoms with Crippen LogP contribution in [0.3, 0.4) is 0 Å². The van der Waals surface area contributed by atoms with Crippen LogP contribution in [-0.2, 0) is 23.0 Å². The number of nitrogens with zero attached hydrogens (tertiary/aromatic N) is 4. The van der Waals surface area contributed by atoms with Gasteiger partial charge in [-0.1, -0.05) is 45.4 Å². The predicted octanol–water partition coefficient (Wildman–Crippen LogP) is 5.23. The number of benzene rings is 1. The van der Waals surface area contributed by atoms with Crippen molar-refractivity contribution < 1.29 is 9.53 Å². The lowest BCUT2D eigenvalue weighted by Crippen LogP contribution is -2.38. The fourth-order valence-corrected chi connectivity index (χ4v) is 4.77. The van der Waals surface area contributed by atoms with Crippen molar-refractivity contribution in [1.29, 1.82) is 10.8 Å². The van der Waals surface area contributed by atoms with E-state index in [1.54, 1.807) is 27.0 Å². The van der Waals surface area contributed by atoms with Crippen LogP contribution in [0.25, 0.3) is 33.8 Å². The van der Waals surface area contributed by atoms with Crippen molar-refractivity contribution in [2.75, 3.05) is 0 Å². The Morgan fingerprint density at radius 1 is 1.18 bits per heavy atom. The molecule has 0 saturated carbocycles. The zero-order valence-corrected chi connectivity index (χ0v) is 23.0. The molecule has 5 rings (SSSR count). The molecule has 0 bridgehead atoms. The average molecular weight is 527 g/mol. The first-order valence-electron chi connectivity index (χ1n) is 13.2. The first kappa shape index (κ1) is 26.3. The molecule has 39 heavy (non-hydrogen) atoms. The van der Waals surface area contributed by atoms with Gasteiger partial charge in [0.2, 0.25) is 0 Å². The molecule has 1 aliphatic carbocycles. The fourth-order valence-electron chi connectivity index (χ4n) is 4.77. The Bertz CT molecular complexity index is 1570. The molecule has 1 amide bonds. The van der Waals surface area contributed by atoms with Crippen LogP contribution in [0.1, 0.15) is 62.9 Å². The van der Waals surface area contributed by atoms with Gasteiger partial charge >= 0.3 is 5.91 Å². The normalized spacial score (nSPS) is 15.5. The minimum atomic E-state index is -0.615. The third-order valence-electron chi connectivity index (χ3n) is 7.16. The molecule has 10 heteroatoms. The predicted molar refractivity (Wildman–Crippen MR) is 151 cm³/mol. The number of aryl methyl sites for hydroxylation is 3.